The fourth-order valence-electron chi connectivity index (χ4n) is 2.63. The van der Waals surface area contributed by atoms with Crippen LogP contribution in [0.5, 0.6) is 5.75 Å². The van der Waals surface area contributed by atoms with Crippen molar-refractivity contribution < 1.29 is 17.9 Å². The highest BCUT2D eigenvalue weighted by atomic mass is 19.2. The summed E-state index contributed by atoms with van der Waals surface area (Å²) in [7, 11) is 1.26. The minimum Gasteiger partial charge on any atom is -0.493 e. The number of aromatic amines is 1. The van der Waals surface area contributed by atoms with Crippen molar-refractivity contribution in [3.05, 3.63) is 70.7 Å². The van der Waals surface area contributed by atoms with Gasteiger partial charge >= 0.3 is 0 Å². The molecule has 0 aliphatic heterocycles. The van der Waals surface area contributed by atoms with Crippen LogP contribution in [0.3, 0.4) is 0 Å². The van der Waals surface area contributed by atoms with Crippen molar-refractivity contribution in [3.8, 4) is 5.75 Å². The summed E-state index contributed by atoms with van der Waals surface area (Å²) in [6.07, 6.45) is 1.61. The summed E-state index contributed by atoms with van der Waals surface area (Å²) in [5, 5.41) is 3.07. The fourth-order valence-corrected chi connectivity index (χ4v) is 2.63. The van der Waals surface area contributed by atoms with Crippen LogP contribution in [0.4, 0.5) is 19.0 Å². The number of nitrogens with one attached hydrogen (secondary N) is 2. The second-order valence-corrected chi connectivity index (χ2v) is 5.78. The molecule has 2 heterocycles. The second kappa shape index (κ2) is 7.07. The van der Waals surface area contributed by atoms with E-state index >= 15 is 0 Å². The molecule has 0 fully saturated rings. The lowest BCUT2D eigenvalue weighted by atomic mass is 10.0. The Hall–Kier alpha value is -3.03. The van der Waals surface area contributed by atoms with Crippen molar-refractivity contribution in [2.75, 3.05) is 12.4 Å². The first-order valence-corrected chi connectivity index (χ1v) is 7.83. The predicted octanol–water partition coefficient (Wildman–Crippen LogP) is 4.05. The van der Waals surface area contributed by atoms with Gasteiger partial charge in [0.1, 0.15) is 23.5 Å². The Kier molecular flexibility index (Phi) is 4.83. The summed E-state index contributed by atoms with van der Waals surface area (Å²) in [4.78, 5) is 11.5. The van der Waals surface area contributed by atoms with Gasteiger partial charge in [0.25, 0.3) is 0 Å². The smallest absolute Gasteiger partial charge is 0.200 e. The lowest BCUT2D eigenvalue weighted by molar-refractivity contribution is 0.365. The van der Waals surface area contributed by atoms with E-state index in [0.717, 1.165) is 11.8 Å². The van der Waals surface area contributed by atoms with E-state index in [1.165, 1.54) is 32.2 Å². The van der Waals surface area contributed by atoms with Gasteiger partial charge in [-0.2, -0.15) is 4.39 Å². The number of hydrogen-bond donors (Lipinski definition) is 2. The van der Waals surface area contributed by atoms with Crippen LogP contribution in [-0.4, -0.2) is 22.1 Å². The Bertz CT molecular complexity index is 942. The van der Waals surface area contributed by atoms with E-state index < -0.39 is 23.5 Å². The molecule has 26 heavy (non-hydrogen) atoms. The number of H-pyrrole nitrogens is 1. The SMILES string of the molecule is COc1c([C@@H](Nc2ccc(F)c(C)n2)c2ncc(C)[nH]2)ccc(F)c1F. The molecule has 0 bridgehead atoms. The Morgan fingerprint density at radius 1 is 1.08 bits per heavy atom. The van der Waals surface area contributed by atoms with E-state index in [1.54, 1.807) is 6.20 Å². The Labute approximate surface area is 148 Å². The van der Waals surface area contributed by atoms with E-state index in [2.05, 4.69) is 20.3 Å². The summed E-state index contributed by atoms with van der Waals surface area (Å²) >= 11 is 0. The zero-order chi connectivity index (χ0) is 18.8. The molecular weight excluding hydrogens is 345 g/mol. The average molecular weight is 362 g/mol. The normalized spacial score (nSPS) is 12.1. The Morgan fingerprint density at radius 3 is 2.42 bits per heavy atom. The molecule has 0 radical (unpaired) electrons. The lowest BCUT2D eigenvalue weighted by Crippen LogP contribution is -2.17. The van der Waals surface area contributed by atoms with E-state index in [1.807, 2.05) is 6.92 Å². The van der Waals surface area contributed by atoms with Crippen molar-refractivity contribution >= 4 is 5.82 Å². The molecule has 2 N–H and O–H groups in total. The number of anilines is 1. The maximum atomic E-state index is 14.2. The summed E-state index contributed by atoms with van der Waals surface area (Å²) in [6.45, 7) is 3.35. The minimum absolute atomic E-state index is 0.210. The number of aromatic nitrogens is 3. The van der Waals surface area contributed by atoms with Gasteiger partial charge in [-0.3, -0.25) is 0 Å². The highest BCUT2D eigenvalue weighted by Crippen LogP contribution is 2.34. The summed E-state index contributed by atoms with van der Waals surface area (Å²) in [5.41, 5.74) is 1.32. The molecule has 0 saturated heterocycles. The number of imidazole rings is 1. The summed E-state index contributed by atoms with van der Waals surface area (Å²) in [5.74, 6) is -1.98. The van der Waals surface area contributed by atoms with Crippen LogP contribution >= 0.6 is 0 Å². The van der Waals surface area contributed by atoms with Gasteiger partial charge in [0, 0.05) is 17.5 Å². The molecule has 3 aromatic rings. The minimum atomic E-state index is -1.09. The van der Waals surface area contributed by atoms with Crippen molar-refractivity contribution in [2.24, 2.45) is 0 Å². The quantitative estimate of drug-likeness (QED) is 0.719. The van der Waals surface area contributed by atoms with Gasteiger partial charge in [-0.25, -0.2) is 18.7 Å². The molecule has 1 aromatic carbocycles. The first-order valence-electron chi connectivity index (χ1n) is 7.83. The van der Waals surface area contributed by atoms with Crippen LogP contribution in [0.15, 0.2) is 30.5 Å². The molecule has 3 rings (SSSR count). The van der Waals surface area contributed by atoms with E-state index in [4.69, 9.17) is 4.74 Å². The zero-order valence-corrected chi connectivity index (χ0v) is 14.4. The third kappa shape index (κ3) is 3.35. The maximum Gasteiger partial charge on any atom is 0.200 e. The van der Waals surface area contributed by atoms with Gasteiger partial charge in [0.05, 0.1) is 12.8 Å². The molecule has 0 amide bonds. The lowest BCUT2D eigenvalue weighted by Gasteiger charge is -2.21. The number of pyridine rings is 1. The summed E-state index contributed by atoms with van der Waals surface area (Å²) in [6, 6.07) is 4.44. The first-order chi connectivity index (χ1) is 12.4. The number of methoxy groups -OCH3 is 1. The molecule has 0 saturated carbocycles. The molecule has 0 aliphatic rings. The van der Waals surface area contributed by atoms with Gasteiger partial charge < -0.3 is 15.0 Å². The van der Waals surface area contributed by atoms with Gasteiger partial charge in [0.15, 0.2) is 11.6 Å². The molecule has 0 spiro atoms. The van der Waals surface area contributed by atoms with Gasteiger partial charge in [-0.05, 0) is 38.1 Å². The van der Waals surface area contributed by atoms with E-state index in [-0.39, 0.29) is 11.4 Å². The zero-order valence-electron chi connectivity index (χ0n) is 14.4. The van der Waals surface area contributed by atoms with E-state index in [9.17, 15) is 13.2 Å². The number of halogens is 3. The van der Waals surface area contributed by atoms with Crippen LogP contribution in [0.25, 0.3) is 0 Å². The average Bonchev–Trinajstić information content (AvgIpc) is 3.04. The molecule has 0 unspecified atom stereocenters. The highest BCUT2D eigenvalue weighted by Gasteiger charge is 2.25. The van der Waals surface area contributed by atoms with Crippen LogP contribution in [0.1, 0.15) is 28.8 Å². The molecule has 0 aliphatic carbocycles. The number of aryl methyl sites for hydroxylation is 2. The van der Waals surface area contributed by atoms with Crippen molar-refractivity contribution in [1.29, 1.82) is 0 Å². The van der Waals surface area contributed by atoms with Crippen LogP contribution in [-0.2, 0) is 0 Å². The highest BCUT2D eigenvalue weighted by molar-refractivity contribution is 5.48. The molecule has 2 aromatic heterocycles. The van der Waals surface area contributed by atoms with E-state index in [0.29, 0.717) is 17.2 Å². The predicted molar refractivity (Wildman–Crippen MR) is 90.6 cm³/mol. The van der Waals surface area contributed by atoms with Gasteiger partial charge in [0.2, 0.25) is 5.82 Å². The number of nitrogens with zero attached hydrogens (tertiary/aromatic N) is 2. The van der Waals surface area contributed by atoms with Crippen molar-refractivity contribution in [3.63, 3.8) is 0 Å². The van der Waals surface area contributed by atoms with Gasteiger partial charge in [-0.15, -0.1) is 0 Å². The fraction of sp³-hybridized carbons (Fsp3) is 0.222. The monoisotopic (exact) mass is 362 g/mol. The molecule has 136 valence electrons. The number of benzene rings is 1. The Morgan fingerprint density at radius 2 is 1.81 bits per heavy atom. The number of hydrogen-bond acceptors (Lipinski definition) is 4. The number of rotatable bonds is 5. The van der Waals surface area contributed by atoms with Crippen molar-refractivity contribution in [1.82, 2.24) is 15.0 Å². The maximum absolute atomic E-state index is 14.2. The summed E-state index contributed by atoms with van der Waals surface area (Å²) < 4.78 is 46.3. The molecular formula is C18H17F3N4O. The molecule has 1 atom stereocenters. The largest absolute Gasteiger partial charge is 0.493 e. The second-order valence-electron chi connectivity index (χ2n) is 5.78. The van der Waals surface area contributed by atoms with Gasteiger partial charge in [-0.1, -0.05) is 0 Å². The topological polar surface area (TPSA) is 62.8 Å². The third-order valence-corrected chi connectivity index (χ3v) is 3.91. The first kappa shape index (κ1) is 17.8. The van der Waals surface area contributed by atoms with Crippen molar-refractivity contribution in [2.45, 2.75) is 19.9 Å². The third-order valence-electron chi connectivity index (χ3n) is 3.91. The molecule has 8 heteroatoms. The Balaban J connectivity index is 2.10. The molecule has 5 nitrogen and oxygen atoms in total. The van der Waals surface area contributed by atoms with Crippen LogP contribution < -0.4 is 10.1 Å². The number of ether oxygens (including phenoxy) is 1. The standard InChI is InChI=1S/C18H17F3N4O/c1-9-8-22-18(23-9)16(25-14-7-6-12(19)10(2)24-14)11-4-5-13(20)15(21)17(11)26-3/h4-8,16H,1-3H3,(H,22,23)(H,24,25)/t16-/m1/s1. The van der Waals surface area contributed by atoms with Crippen LogP contribution in [0, 0.1) is 31.3 Å². The van der Waals surface area contributed by atoms with Crippen LogP contribution in [0.2, 0.25) is 0 Å².